The van der Waals surface area contributed by atoms with E-state index in [1.165, 1.54) is 5.57 Å². The zero-order valence-electron chi connectivity index (χ0n) is 13.0. The molecule has 114 valence electrons. The summed E-state index contributed by atoms with van der Waals surface area (Å²) in [5, 5.41) is 0. The summed E-state index contributed by atoms with van der Waals surface area (Å²) in [4.78, 5) is 22.6. The van der Waals surface area contributed by atoms with Crippen molar-refractivity contribution in [2.24, 2.45) is 0 Å². The van der Waals surface area contributed by atoms with Crippen molar-refractivity contribution >= 4 is 11.8 Å². The van der Waals surface area contributed by atoms with Crippen molar-refractivity contribution in [3.05, 3.63) is 11.6 Å². The van der Waals surface area contributed by atoms with Gasteiger partial charge in [-0.05, 0) is 47.0 Å². The molecule has 4 heteroatoms. The summed E-state index contributed by atoms with van der Waals surface area (Å²) in [5.74, 6) is -0.481. The van der Waals surface area contributed by atoms with E-state index in [9.17, 15) is 9.59 Å². The first-order chi connectivity index (χ1) is 9.35. The molecule has 0 aromatic carbocycles. The fourth-order valence-corrected chi connectivity index (χ4v) is 2.14. The molecule has 20 heavy (non-hydrogen) atoms. The van der Waals surface area contributed by atoms with Crippen LogP contribution in [0.4, 0.5) is 0 Å². The molecule has 1 aliphatic heterocycles. The van der Waals surface area contributed by atoms with E-state index in [2.05, 4.69) is 26.8 Å². The average molecular weight is 282 g/mol. The van der Waals surface area contributed by atoms with Crippen molar-refractivity contribution in [2.75, 3.05) is 6.61 Å². The largest absolute Gasteiger partial charge is 0.466 e. The molecule has 0 amide bonds. The van der Waals surface area contributed by atoms with Crippen LogP contribution in [0.1, 0.15) is 59.8 Å². The zero-order chi connectivity index (χ0) is 15.2. The maximum atomic E-state index is 11.5. The van der Waals surface area contributed by atoms with E-state index in [-0.39, 0.29) is 17.8 Å². The van der Waals surface area contributed by atoms with Gasteiger partial charge in [0.25, 0.3) is 0 Å². The lowest BCUT2D eigenvalue weighted by Gasteiger charge is -2.02. The summed E-state index contributed by atoms with van der Waals surface area (Å²) in [6, 6.07) is 0. The lowest BCUT2D eigenvalue weighted by molar-refractivity contribution is -0.145. The lowest BCUT2D eigenvalue weighted by atomic mass is 10.0. The van der Waals surface area contributed by atoms with Crippen molar-refractivity contribution in [1.82, 2.24) is 0 Å². The molecule has 1 rings (SSSR count). The summed E-state index contributed by atoms with van der Waals surface area (Å²) in [6.07, 6.45) is 5.48. The number of allylic oxidation sites excluding steroid dienone is 2. The molecule has 0 spiro atoms. The van der Waals surface area contributed by atoms with Crippen molar-refractivity contribution < 1.29 is 19.1 Å². The van der Waals surface area contributed by atoms with Gasteiger partial charge in [0.15, 0.2) is 0 Å². The minimum atomic E-state index is -0.425. The minimum absolute atomic E-state index is 0.0515. The van der Waals surface area contributed by atoms with Gasteiger partial charge in [-0.15, -0.1) is 0 Å². The van der Waals surface area contributed by atoms with Crippen LogP contribution in [0.5, 0.6) is 0 Å². The molecule has 0 bridgehead atoms. The quantitative estimate of drug-likeness (QED) is 0.282. The van der Waals surface area contributed by atoms with Crippen LogP contribution in [0.2, 0.25) is 0 Å². The van der Waals surface area contributed by atoms with Crippen LogP contribution in [-0.4, -0.2) is 30.1 Å². The topological polar surface area (TPSA) is 55.9 Å². The molecular weight excluding hydrogens is 256 g/mol. The summed E-state index contributed by atoms with van der Waals surface area (Å²) in [7, 11) is 0. The van der Waals surface area contributed by atoms with Crippen LogP contribution < -0.4 is 0 Å². The molecule has 1 atom stereocenters. The third-order valence-electron chi connectivity index (χ3n) is 3.53. The Balaban J connectivity index is 2.13. The number of carbonyl (C=O) groups is 2. The van der Waals surface area contributed by atoms with Gasteiger partial charge in [-0.2, -0.15) is 0 Å². The van der Waals surface area contributed by atoms with E-state index in [4.69, 9.17) is 9.47 Å². The Bertz CT molecular complexity index is 382. The van der Waals surface area contributed by atoms with E-state index in [1.807, 2.05) is 0 Å². The van der Waals surface area contributed by atoms with Crippen LogP contribution in [-0.2, 0) is 19.1 Å². The van der Waals surface area contributed by atoms with Crippen LogP contribution in [0.15, 0.2) is 11.6 Å². The molecule has 0 aromatic rings. The van der Waals surface area contributed by atoms with E-state index in [1.54, 1.807) is 6.92 Å². The van der Waals surface area contributed by atoms with Gasteiger partial charge >= 0.3 is 5.97 Å². The number of epoxide rings is 1. The molecule has 1 unspecified atom stereocenters. The van der Waals surface area contributed by atoms with E-state index < -0.39 is 5.97 Å². The number of esters is 1. The Labute approximate surface area is 121 Å². The average Bonchev–Trinajstić information content (AvgIpc) is 2.94. The monoisotopic (exact) mass is 282 g/mol. The molecule has 1 heterocycles. The molecule has 1 saturated heterocycles. The first-order valence-electron chi connectivity index (χ1n) is 7.36. The molecule has 0 aliphatic carbocycles. The highest BCUT2D eigenvalue weighted by Crippen LogP contribution is 2.38. The zero-order valence-corrected chi connectivity index (χ0v) is 13.0. The highest BCUT2D eigenvalue weighted by Gasteiger charge is 2.46. The maximum Gasteiger partial charge on any atom is 0.313 e. The number of rotatable bonds is 9. The number of Topliss-reactive ketones (excluding diaryl/α,β-unsaturated/α-hetero) is 1. The van der Waals surface area contributed by atoms with Crippen LogP contribution in [0.3, 0.4) is 0 Å². The Morgan fingerprint density at radius 2 is 1.95 bits per heavy atom. The second-order valence-corrected chi connectivity index (χ2v) is 5.86. The van der Waals surface area contributed by atoms with E-state index in [0.29, 0.717) is 25.6 Å². The number of ether oxygens (including phenoxy) is 2. The van der Waals surface area contributed by atoms with Crippen molar-refractivity contribution in [3.8, 4) is 0 Å². The first kappa shape index (κ1) is 16.9. The first-order valence-corrected chi connectivity index (χ1v) is 7.36. The third kappa shape index (κ3) is 6.33. The van der Waals surface area contributed by atoms with Gasteiger partial charge in [0.05, 0.1) is 18.3 Å². The number of carbonyl (C=O) groups excluding carboxylic acids is 2. The van der Waals surface area contributed by atoms with Gasteiger partial charge in [0.1, 0.15) is 12.2 Å². The van der Waals surface area contributed by atoms with Crippen molar-refractivity contribution in [3.63, 3.8) is 0 Å². The maximum absolute atomic E-state index is 11.5. The lowest BCUT2D eigenvalue weighted by Crippen LogP contribution is -2.10. The number of hydrogen-bond donors (Lipinski definition) is 0. The second kappa shape index (κ2) is 7.58. The second-order valence-electron chi connectivity index (χ2n) is 5.86. The molecule has 0 aromatic heterocycles. The van der Waals surface area contributed by atoms with E-state index >= 15 is 0 Å². The van der Waals surface area contributed by atoms with Gasteiger partial charge in [0.2, 0.25) is 0 Å². The normalized spacial score (nSPS) is 20.6. The Hall–Kier alpha value is -1.16. The fourth-order valence-electron chi connectivity index (χ4n) is 2.14. The predicted molar refractivity (Wildman–Crippen MR) is 77.4 cm³/mol. The Morgan fingerprint density at radius 3 is 2.50 bits per heavy atom. The highest BCUT2D eigenvalue weighted by atomic mass is 16.6. The standard InChI is InChI=1S/C16H26O4/c1-5-19-15(18)11-13(17)8-6-7-12(2)9-10-14-16(3,4)20-14/h7,14H,5-6,8-11H2,1-4H3. The van der Waals surface area contributed by atoms with Crippen LogP contribution in [0, 0.1) is 0 Å². The Kier molecular flexibility index (Phi) is 6.40. The van der Waals surface area contributed by atoms with Crippen LogP contribution >= 0.6 is 0 Å². The Morgan fingerprint density at radius 1 is 1.30 bits per heavy atom. The molecule has 0 N–H and O–H groups in total. The van der Waals surface area contributed by atoms with Gasteiger partial charge in [-0.3, -0.25) is 9.59 Å². The summed E-state index contributed by atoms with van der Waals surface area (Å²) < 4.78 is 10.3. The molecule has 1 aliphatic rings. The molecule has 0 radical (unpaired) electrons. The summed E-state index contributed by atoms with van der Waals surface area (Å²) in [5.41, 5.74) is 1.33. The summed E-state index contributed by atoms with van der Waals surface area (Å²) in [6.45, 7) is 8.34. The fraction of sp³-hybridized carbons (Fsp3) is 0.750. The molecule has 0 saturated carbocycles. The van der Waals surface area contributed by atoms with Gasteiger partial charge < -0.3 is 9.47 Å². The van der Waals surface area contributed by atoms with Gasteiger partial charge in [-0.25, -0.2) is 0 Å². The van der Waals surface area contributed by atoms with Crippen molar-refractivity contribution in [2.45, 2.75) is 71.5 Å². The smallest absolute Gasteiger partial charge is 0.313 e. The number of hydrogen-bond acceptors (Lipinski definition) is 4. The predicted octanol–water partition coefficient (Wildman–Crippen LogP) is 3.19. The van der Waals surface area contributed by atoms with Crippen LogP contribution in [0.25, 0.3) is 0 Å². The SMILES string of the molecule is CCOC(=O)CC(=O)CCC=C(C)CCC1OC1(C)C. The highest BCUT2D eigenvalue weighted by molar-refractivity contribution is 5.95. The van der Waals surface area contributed by atoms with Gasteiger partial charge in [0, 0.05) is 6.42 Å². The summed E-state index contributed by atoms with van der Waals surface area (Å²) >= 11 is 0. The van der Waals surface area contributed by atoms with Gasteiger partial charge in [-0.1, -0.05) is 11.6 Å². The van der Waals surface area contributed by atoms with E-state index in [0.717, 1.165) is 12.8 Å². The molecular formula is C16H26O4. The third-order valence-corrected chi connectivity index (χ3v) is 3.53. The molecule has 1 fully saturated rings. The van der Waals surface area contributed by atoms with Crippen molar-refractivity contribution in [1.29, 1.82) is 0 Å². The molecule has 4 nitrogen and oxygen atoms in total. The minimum Gasteiger partial charge on any atom is -0.466 e. The number of ketones is 1.